The highest BCUT2D eigenvalue weighted by atomic mass is 19.1. The number of hydrogen-bond acceptors (Lipinski definition) is 0. The zero-order valence-electron chi connectivity index (χ0n) is 4.94. The number of hydrogen-bond donors (Lipinski definition) is 0. The van der Waals surface area contributed by atoms with E-state index in [0.717, 1.165) is 12.3 Å². The summed E-state index contributed by atoms with van der Waals surface area (Å²) in [5.41, 5.74) is 0. The monoisotopic (exact) mass is 114 g/mol. The molecule has 0 N–H and O–H groups in total. The molecule has 0 unspecified atom stereocenters. The molecule has 2 aliphatic carbocycles. The molecule has 8 heavy (non-hydrogen) atoms. The molecule has 2 saturated carbocycles. The molecule has 0 heterocycles. The van der Waals surface area contributed by atoms with Gasteiger partial charge in [-0.2, -0.15) is 0 Å². The summed E-state index contributed by atoms with van der Waals surface area (Å²) in [6.45, 7) is 0. The van der Waals surface area contributed by atoms with Crippen LogP contribution in [0.2, 0.25) is 0 Å². The van der Waals surface area contributed by atoms with Gasteiger partial charge in [0.15, 0.2) is 0 Å². The minimum Gasteiger partial charge on any atom is -0.247 e. The van der Waals surface area contributed by atoms with Crippen LogP contribution >= 0.6 is 0 Å². The molecule has 0 aliphatic heterocycles. The maximum atomic E-state index is 12.6. The Bertz CT molecular complexity index is 98.6. The molecule has 2 aliphatic rings. The Morgan fingerprint density at radius 2 is 2.00 bits per heavy atom. The van der Waals surface area contributed by atoms with Gasteiger partial charge in [-0.3, -0.25) is 0 Å². The van der Waals surface area contributed by atoms with Crippen molar-refractivity contribution in [1.29, 1.82) is 0 Å². The molecule has 1 heteroatoms. The zero-order valence-corrected chi connectivity index (χ0v) is 4.94. The van der Waals surface area contributed by atoms with Crippen molar-refractivity contribution in [3.8, 4) is 0 Å². The van der Waals surface area contributed by atoms with Gasteiger partial charge in [-0.1, -0.05) is 0 Å². The third-order valence-corrected chi connectivity index (χ3v) is 2.65. The fourth-order valence-corrected chi connectivity index (χ4v) is 2.17. The fraction of sp³-hybridized carbons (Fsp3) is 1.00. The van der Waals surface area contributed by atoms with E-state index in [4.69, 9.17) is 0 Å². The van der Waals surface area contributed by atoms with E-state index in [1.165, 1.54) is 19.3 Å². The van der Waals surface area contributed by atoms with Crippen molar-refractivity contribution in [2.75, 3.05) is 0 Å². The summed E-state index contributed by atoms with van der Waals surface area (Å²) in [5, 5.41) is 0. The van der Waals surface area contributed by atoms with Crippen LogP contribution in [0.5, 0.6) is 0 Å². The summed E-state index contributed by atoms with van der Waals surface area (Å²) in [6.07, 6.45) is 4.14. The Balaban J connectivity index is 2.11. The summed E-state index contributed by atoms with van der Waals surface area (Å²) >= 11 is 0. The van der Waals surface area contributed by atoms with Crippen LogP contribution in [0.3, 0.4) is 0 Å². The van der Waals surface area contributed by atoms with Crippen LogP contribution < -0.4 is 0 Å². The van der Waals surface area contributed by atoms with Crippen LogP contribution in [0.25, 0.3) is 0 Å². The fourth-order valence-electron chi connectivity index (χ4n) is 2.17. The van der Waals surface area contributed by atoms with Crippen molar-refractivity contribution in [3.63, 3.8) is 0 Å². The molecule has 0 aromatic carbocycles. The molecule has 2 rings (SSSR count). The summed E-state index contributed by atoms with van der Waals surface area (Å²) in [7, 11) is 0. The highest BCUT2D eigenvalue weighted by Gasteiger charge is 2.39. The van der Waals surface area contributed by atoms with E-state index in [-0.39, 0.29) is 0 Å². The maximum absolute atomic E-state index is 12.6. The van der Waals surface area contributed by atoms with Gasteiger partial charge in [0.25, 0.3) is 0 Å². The van der Waals surface area contributed by atoms with E-state index in [1.807, 2.05) is 0 Å². The van der Waals surface area contributed by atoms with Gasteiger partial charge < -0.3 is 0 Å². The SMILES string of the molecule is F[C@@H]1C[C@@H]2CC[C@H]1C2. The van der Waals surface area contributed by atoms with E-state index < -0.39 is 6.17 Å². The van der Waals surface area contributed by atoms with Gasteiger partial charge in [0.2, 0.25) is 0 Å². The molecule has 0 nitrogen and oxygen atoms in total. The first kappa shape index (κ1) is 4.78. The summed E-state index contributed by atoms with van der Waals surface area (Å²) in [4.78, 5) is 0. The van der Waals surface area contributed by atoms with E-state index in [0.29, 0.717) is 5.92 Å². The normalized spacial score (nSPS) is 52.9. The largest absolute Gasteiger partial charge is 0.247 e. The Morgan fingerprint density at radius 1 is 1.12 bits per heavy atom. The average Bonchev–Trinajstić information content (AvgIpc) is 2.23. The van der Waals surface area contributed by atoms with Crippen molar-refractivity contribution in [3.05, 3.63) is 0 Å². The molecule has 0 spiro atoms. The summed E-state index contributed by atoms with van der Waals surface area (Å²) < 4.78 is 12.6. The third kappa shape index (κ3) is 0.503. The van der Waals surface area contributed by atoms with E-state index in [9.17, 15) is 4.39 Å². The molecule has 2 bridgehead atoms. The lowest BCUT2D eigenvalue weighted by molar-refractivity contribution is 0.231. The quantitative estimate of drug-likeness (QED) is 0.452. The molecule has 2 fully saturated rings. The summed E-state index contributed by atoms with van der Waals surface area (Å²) in [6, 6.07) is 0. The molecular formula is C7H11F. The number of rotatable bonds is 0. The van der Waals surface area contributed by atoms with Gasteiger partial charge in [-0.05, 0) is 37.5 Å². The molecular weight excluding hydrogens is 103 g/mol. The minimum atomic E-state index is -0.422. The third-order valence-electron chi connectivity index (χ3n) is 2.65. The molecule has 0 aromatic rings. The summed E-state index contributed by atoms with van der Waals surface area (Å²) in [5.74, 6) is 1.25. The van der Waals surface area contributed by atoms with Crippen molar-refractivity contribution < 1.29 is 4.39 Å². The Kier molecular flexibility index (Phi) is 0.870. The van der Waals surface area contributed by atoms with Crippen LogP contribution in [-0.2, 0) is 0 Å². The number of fused-ring (bicyclic) bond motifs is 2. The van der Waals surface area contributed by atoms with E-state index in [1.54, 1.807) is 0 Å². The van der Waals surface area contributed by atoms with Gasteiger partial charge >= 0.3 is 0 Å². The Hall–Kier alpha value is -0.0700. The van der Waals surface area contributed by atoms with Gasteiger partial charge in [0, 0.05) is 0 Å². The van der Waals surface area contributed by atoms with Crippen LogP contribution in [0.15, 0.2) is 0 Å². The standard InChI is InChI=1S/C7H11F/c8-7-4-5-1-2-6(7)3-5/h5-7H,1-4H2/t5-,6+,7-/m1/s1. The predicted molar refractivity (Wildman–Crippen MR) is 30.3 cm³/mol. The lowest BCUT2D eigenvalue weighted by Gasteiger charge is -2.11. The topological polar surface area (TPSA) is 0 Å². The first-order valence-electron chi connectivity index (χ1n) is 3.50. The lowest BCUT2D eigenvalue weighted by atomic mass is 9.99. The lowest BCUT2D eigenvalue weighted by Crippen LogP contribution is -2.09. The average molecular weight is 114 g/mol. The van der Waals surface area contributed by atoms with Crippen molar-refractivity contribution in [2.45, 2.75) is 31.9 Å². The number of halogens is 1. The number of alkyl halides is 1. The molecule has 0 aromatic heterocycles. The second-order valence-electron chi connectivity index (χ2n) is 3.19. The first-order chi connectivity index (χ1) is 3.86. The van der Waals surface area contributed by atoms with Gasteiger partial charge in [-0.15, -0.1) is 0 Å². The van der Waals surface area contributed by atoms with Gasteiger partial charge in [-0.25, -0.2) is 4.39 Å². The molecule has 46 valence electrons. The van der Waals surface area contributed by atoms with E-state index in [2.05, 4.69) is 0 Å². The van der Waals surface area contributed by atoms with Crippen molar-refractivity contribution in [2.24, 2.45) is 11.8 Å². The predicted octanol–water partition coefficient (Wildman–Crippen LogP) is 2.14. The van der Waals surface area contributed by atoms with Crippen molar-refractivity contribution >= 4 is 0 Å². The second-order valence-corrected chi connectivity index (χ2v) is 3.19. The Labute approximate surface area is 49.1 Å². The second kappa shape index (κ2) is 1.46. The first-order valence-corrected chi connectivity index (χ1v) is 3.50. The maximum Gasteiger partial charge on any atom is 0.103 e. The Morgan fingerprint density at radius 3 is 2.25 bits per heavy atom. The van der Waals surface area contributed by atoms with Crippen LogP contribution in [0.1, 0.15) is 25.7 Å². The highest BCUT2D eigenvalue weighted by molar-refractivity contribution is 4.89. The smallest absolute Gasteiger partial charge is 0.103 e. The molecule has 0 amide bonds. The van der Waals surface area contributed by atoms with Crippen molar-refractivity contribution in [1.82, 2.24) is 0 Å². The molecule has 0 saturated heterocycles. The minimum absolute atomic E-state index is 0.422. The molecule has 0 radical (unpaired) electrons. The zero-order chi connectivity index (χ0) is 5.56. The van der Waals surface area contributed by atoms with Crippen LogP contribution in [0, 0.1) is 11.8 Å². The van der Waals surface area contributed by atoms with E-state index >= 15 is 0 Å². The van der Waals surface area contributed by atoms with Crippen LogP contribution in [0.4, 0.5) is 4.39 Å². The highest BCUT2D eigenvalue weighted by Crippen LogP contribution is 2.45. The van der Waals surface area contributed by atoms with Gasteiger partial charge in [0.1, 0.15) is 6.17 Å². The van der Waals surface area contributed by atoms with Gasteiger partial charge in [0.05, 0.1) is 0 Å². The molecule has 3 atom stereocenters. The van der Waals surface area contributed by atoms with Crippen LogP contribution in [-0.4, -0.2) is 6.17 Å².